The minimum Gasteiger partial charge on any atom is -0.382 e. The molecule has 0 aliphatic heterocycles. The number of benzene rings is 1. The van der Waals surface area contributed by atoms with Crippen LogP contribution in [0.1, 0.15) is 17.0 Å². The Hall–Kier alpha value is -2.48. The van der Waals surface area contributed by atoms with Gasteiger partial charge in [0.2, 0.25) is 0 Å². The van der Waals surface area contributed by atoms with Crippen LogP contribution in [-0.2, 0) is 0 Å². The second-order valence-corrected chi connectivity index (χ2v) is 3.97. The molecule has 0 amide bonds. The van der Waals surface area contributed by atoms with E-state index in [1.54, 1.807) is 13.8 Å². The molecule has 0 radical (unpaired) electrons. The maximum absolute atomic E-state index is 13.4. The van der Waals surface area contributed by atoms with Gasteiger partial charge < -0.3 is 5.73 Å². The van der Waals surface area contributed by atoms with Gasteiger partial charge in [-0.2, -0.15) is 5.26 Å². The zero-order valence-electron chi connectivity index (χ0n) is 10.0. The average molecular weight is 242 g/mol. The van der Waals surface area contributed by atoms with Crippen molar-refractivity contribution in [3.05, 3.63) is 41.0 Å². The van der Waals surface area contributed by atoms with E-state index in [4.69, 9.17) is 11.0 Å². The van der Waals surface area contributed by atoms with Gasteiger partial charge in [-0.25, -0.2) is 14.4 Å². The second kappa shape index (κ2) is 4.41. The third-order valence-corrected chi connectivity index (χ3v) is 2.63. The van der Waals surface area contributed by atoms with Gasteiger partial charge in [0.1, 0.15) is 17.3 Å². The highest BCUT2D eigenvalue weighted by Gasteiger charge is 2.11. The van der Waals surface area contributed by atoms with Crippen LogP contribution in [0.2, 0.25) is 0 Å². The molecule has 18 heavy (non-hydrogen) atoms. The Morgan fingerprint density at radius 3 is 2.50 bits per heavy atom. The van der Waals surface area contributed by atoms with E-state index in [0.717, 1.165) is 17.5 Å². The van der Waals surface area contributed by atoms with E-state index in [0.29, 0.717) is 11.3 Å². The Kier molecular flexibility index (Phi) is 2.94. The number of nitrogens with two attached hydrogens (primary N) is 1. The van der Waals surface area contributed by atoms with Gasteiger partial charge in [0.15, 0.2) is 0 Å². The number of rotatable bonds is 1. The number of aromatic nitrogens is 2. The van der Waals surface area contributed by atoms with Crippen LogP contribution in [0.15, 0.2) is 18.2 Å². The lowest BCUT2D eigenvalue weighted by Gasteiger charge is -2.08. The summed E-state index contributed by atoms with van der Waals surface area (Å²) < 4.78 is 13.4. The van der Waals surface area contributed by atoms with Crippen molar-refractivity contribution in [2.24, 2.45) is 0 Å². The number of anilines is 1. The number of hydrogen-bond donors (Lipinski definition) is 1. The zero-order valence-corrected chi connectivity index (χ0v) is 10.0. The topological polar surface area (TPSA) is 75.6 Å². The molecule has 2 aromatic rings. The van der Waals surface area contributed by atoms with Crippen molar-refractivity contribution in [2.45, 2.75) is 13.8 Å². The molecule has 1 aromatic carbocycles. The van der Waals surface area contributed by atoms with E-state index in [-0.39, 0.29) is 11.4 Å². The van der Waals surface area contributed by atoms with Gasteiger partial charge in [0, 0.05) is 5.56 Å². The van der Waals surface area contributed by atoms with Gasteiger partial charge in [-0.05, 0) is 32.0 Å². The van der Waals surface area contributed by atoms with Crippen molar-refractivity contribution in [3.8, 4) is 17.3 Å². The molecule has 0 spiro atoms. The van der Waals surface area contributed by atoms with Crippen molar-refractivity contribution >= 4 is 5.82 Å². The minimum atomic E-state index is -0.497. The Labute approximate surface area is 104 Å². The van der Waals surface area contributed by atoms with Gasteiger partial charge >= 0.3 is 0 Å². The van der Waals surface area contributed by atoms with Crippen molar-refractivity contribution < 1.29 is 4.39 Å². The van der Waals surface area contributed by atoms with E-state index in [9.17, 15) is 4.39 Å². The number of nitrogens with zero attached hydrogens (tertiary/aromatic N) is 3. The van der Waals surface area contributed by atoms with Crippen LogP contribution in [0, 0.1) is 31.0 Å². The lowest BCUT2D eigenvalue weighted by atomic mass is 10.1. The standard InChI is InChI=1S/C13H11FN4/c1-7-8(2)18-13(16)12(17-7)10-3-9(6-15)4-11(14)5-10/h3-5H,1-2H3,(H2,16,18). The Morgan fingerprint density at radius 1 is 1.17 bits per heavy atom. The Morgan fingerprint density at radius 2 is 1.83 bits per heavy atom. The fraction of sp³-hybridized carbons (Fsp3) is 0.154. The molecule has 0 aliphatic rings. The summed E-state index contributed by atoms with van der Waals surface area (Å²) in [6.07, 6.45) is 0. The number of hydrogen-bond acceptors (Lipinski definition) is 4. The van der Waals surface area contributed by atoms with Crippen molar-refractivity contribution in [3.63, 3.8) is 0 Å². The molecule has 4 nitrogen and oxygen atoms in total. The molecular formula is C13H11FN4. The van der Waals surface area contributed by atoms with Gasteiger partial charge in [-0.3, -0.25) is 0 Å². The molecule has 0 fully saturated rings. The predicted molar refractivity (Wildman–Crippen MR) is 66.0 cm³/mol. The van der Waals surface area contributed by atoms with Crippen molar-refractivity contribution in [1.82, 2.24) is 9.97 Å². The molecule has 2 rings (SSSR count). The summed E-state index contributed by atoms with van der Waals surface area (Å²) in [5.41, 5.74) is 8.32. The summed E-state index contributed by atoms with van der Waals surface area (Å²) in [4.78, 5) is 8.44. The third kappa shape index (κ3) is 2.13. The molecule has 0 atom stereocenters. The molecular weight excluding hydrogens is 231 g/mol. The lowest BCUT2D eigenvalue weighted by molar-refractivity contribution is 0.628. The van der Waals surface area contributed by atoms with Crippen LogP contribution < -0.4 is 5.73 Å². The molecule has 0 unspecified atom stereocenters. The van der Waals surface area contributed by atoms with Crippen LogP contribution in [0.4, 0.5) is 10.2 Å². The van der Waals surface area contributed by atoms with Gasteiger partial charge in [-0.1, -0.05) is 0 Å². The number of nitrogen functional groups attached to an aromatic ring is 1. The summed E-state index contributed by atoms with van der Waals surface area (Å²) in [5.74, 6) is -0.268. The highest BCUT2D eigenvalue weighted by molar-refractivity contribution is 5.71. The summed E-state index contributed by atoms with van der Waals surface area (Å²) in [7, 11) is 0. The van der Waals surface area contributed by atoms with Gasteiger partial charge in [0.05, 0.1) is 23.0 Å². The first-order chi connectivity index (χ1) is 8.51. The molecule has 90 valence electrons. The fourth-order valence-corrected chi connectivity index (χ4v) is 1.62. The summed E-state index contributed by atoms with van der Waals surface area (Å²) in [6.45, 7) is 3.60. The van der Waals surface area contributed by atoms with Crippen LogP contribution in [-0.4, -0.2) is 9.97 Å². The van der Waals surface area contributed by atoms with Crippen LogP contribution in [0.25, 0.3) is 11.3 Å². The zero-order chi connectivity index (χ0) is 13.3. The Bertz CT molecular complexity index is 659. The lowest BCUT2D eigenvalue weighted by Crippen LogP contribution is -2.02. The number of aryl methyl sites for hydroxylation is 2. The average Bonchev–Trinajstić information content (AvgIpc) is 2.33. The van der Waals surface area contributed by atoms with Crippen molar-refractivity contribution in [2.75, 3.05) is 5.73 Å². The first-order valence-corrected chi connectivity index (χ1v) is 5.33. The first kappa shape index (κ1) is 12.0. The molecule has 0 aliphatic carbocycles. The summed E-state index contributed by atoms with van der Waals surface area (Å²) >= 11 is 0. The Balaban J connectivity index is 2.66. The SMILES string of the molecule is Cc1nc(N)c(-c2cc(F)cc(C#N)c2)nc1C. The van der Waals surface area contributed by atoms with Gasteiger partial charge in [0.25, 0.3) is 0 Å². The monoisotopic (exact) mass is 242 g/mol. The van der Waals surface area contributed by atoms with E-state index in [1.165, 1.54) is 12.1 Å². The highest BCUT2D eigenvalue weighted by Crippen LogP contribution is 2.25. The molecule has 0 saturated heterocycles. The number of halogens is 1. The van der Waals surface area contributed by atoms with E-state index in [1.807, 2.05) is 6.07 Å². The molecule has 0 saturated carbocycles. The molecule has 1 aromatic heterocycles. The van der Waals surface area contributed by atoms with Gasteiger partial charge in [-0.15, -0.1) is 0 Å². The van der Waals surface area contributed by atoms with Crippen molar-refractivity contribution in [1.29, 1.82) is 5.26 Å². The van der Waals surface area contributed by atoms with E-state index < -0.39 is 5.82 Å². The minimum absolute atomic E-state index is 0.226. The normalized spacial score (nSPS) is 10.1. The first-order valence-electron chi connectivity index (χ1n) is 5.33. The molecule has 1 heterocycles. The summed E-state index contributed by atoms with van der Waals surface area (Å²) in [5, 5.41) is 8.82. The predicted octanol–water partition coefficient (Wildman–Crippen LogP) is 2.35. The largest absolute Gasteiger partial charge is 0.382 e. The van der Waals surface area contributed by atoms with E-state index in [2.05, 4.69) is 9.97 Å². The quantitative estimate of drug-likeness (QED) is 0.832. The van der Waals surface area contributed by atoms with Crippen LogP contribution >= 0.6 is 0 Å². The molecule has 2 N–H and O–H groups in total. The highest BCUT2D eigenvalue weighted by atomic mass is 19.1. The third-order valence-electron chi connectivity index (χ3n) is 2.63. The van der Waals surface area contributed by atoms with E-state index >= 15 is 0 Å². The van der Waals surface area contributed by atoms with Crippen LogP contribution in [0.3, 0.4) is 0 Å². The number of nitriles is 1. The molecule has 0 bridgehead atoms. The second-order valence-electron chi connectivity index (χ2n) is 3.97. The summed E-state index contributed by atoms with van der Waals surface area (Å²) in [6, 6.07) is 5.88. The molecule has 5 heteroatoms. The van der Waals surface area contributed by atoms with Crippen LogP contribution in [0.5, 0.6) is 0 Å². The maximum Gasteiger partial charge on any atom is 0.150 e. The maximum atomic E-state index is 13.4. The smallest absolute Gasteiger partial charge is 0.150 e. The fourth-order valence-electron chi connectivity index (χ4n) is 1.62.